The topological polar surface area (TPSA) is 117 Å². The van der Waals surface area contributed by atoms with Crippen molar-refractivity contribution in [1.82, 2.24) is 10.3 Å². The number of rotatable bonds is 5. The maximum Gasteiger partial charge on any atom is 0.404 e. The standard InChI is InChI=1S/C8H9ClN4O4/c9-7-6(13(16)17)5(1-2-11-7)10-3-4-12-8(14)15/h1-2,12H,3-4H2,(H,10,11)(H,14,15). The van der Waals surface area contributed by atoms with Crippen molar-refractivity contribution >= 4 is 29.1 Å². The maximum atomic E-state index is 10.7. The van der Waals surface area contributed by atoms with Gasteiger partial charge in [0.25, 0.3) is 0 Å². The lowest BCUT2D eigenvalue weighted by molar-refractivity contribution is -0.384. The molecule has 92 valence electrons. The zero-order chi connectivity index (χ0) is 12.8. The van der Waals surface area contributed by atoms with Gasteiger partial charge in [0.05, 0.1) is 4.92 Å². The largest absolute Gasteiger partial charge is 0.465 e. The van der Waals surface area contributed by atoms with Crippen molar-refractivity contribution in [1.29, 1.82) is 0 Å². The lowest BCUT2D eigenvalue weighted by Crippen LogP contribution is -2.27. The first-order valence-electron chi connectivity index (χ1n) is 4.52. The summed E-state index contributed by atoms with van der Waals surface area (Å²) in [7, 11) is 0. The molecule has 0 saturated heterocycles. The summed E-state index contributed by atoms with van der Waals surface area (Å²) in [6, 6.07) is 1.39. The molecule has 1 heterocycles. The Morgan fingerprint density at radius 3 is 2.88 bits per heavy atom. The number of pyridine rings is 1. The number of nitro groups is 1. The molecule has 0 atom stereocenters. The minimum Gasteiger partial charge on any atom is -0.465 e. The lowest BCUT2D eigenvalue weighted by atomic mass is 10.3. The van der Waals surface area contributed by atoms with E-state index in [1.165, 1.54) is 12.3 Å². The van der Waals surface area contributed by atoms with Gasteiger partial charge >= 0.3 is 11.8 Å². The molecule has 17 heavy (non-hydrogen) atoms. The highest BCUT2D eigenvalue weighted by Crippen LogP contribution is 2.29. The third-order valence-corrected chi connectivity index (χ3v) is 2.06. The van der Waals surface area contributed by atoms with E-state index >= 15 is 0 Å². The summed E-state index contributed by atoms with van der Waals surface area (Å²) in [5, 5.41) is 23.6. The van der Waals surface area contributed by atoms with Gasteiger partial charge in [0.1, 0.15) is 5.69 Å². The first-order valence-corrected chi connectivity index (χ1v) is 4.89. The van der Waals surface area contributed by atoms with Crippen LogP contribution >= 0.6 is 11.6 Å². The highest BCUT2D eigenvalue weighted by atomic mass is 35.5. The number of hydrogen-bond acceptors (Lipinski definition) is 5. The molecule has 0 saturated carbocycles. The molecule has 1 aromatic heterocycles. The normalized spacial score (nSPS) is 9.71. The summed E-state index contributed by atoms with van der Waals surface area (Å²) in [6.07, 6.45) is 0.163. The zero-order valence-corrected chi connectivity index (χ0v) is 9.27. The number of nitrogens with one attached hydrogen (secondary N) is 2. The summed E-state index contributed by atoms with van der Waals surface area (Å²) >= 11 is 5.59. The van der Waals surface area contributed by atoms with Crippen LogP contribution in [0.1, 0.15) is 0 Å². The molecule has 1 amide bonds. The van der Waals surface area contributed by atoms with Crippen molar-refractivity contribution in [2.24, 2.45) is 0 Å². The van der Waals surface area contributed by atoms with Crippen LogP contribution in [-0.2, 0) is 0 Å². The average Bonchev–Trinajstić information content (AvgIpc) is 2.23. The zero-order valence-electron chi connectivity index (χ0n) is 8.51. The van der Waals surface area contributed by atoms with E-state index in [0.29, 0.717) is 0 Å². The predicted molar refractivity (Wildman–Crippen MR) is 60.4 cm³/mol. The molecule has 9 heteroatoms. The fraction of sp³-hybridized carbons (Fsp3) is 0.250. The minimum absolute atomic E-state index is 0.117. The van der Waals surface area contributed by atoms with Gasteiger partial charge in [-0.05, 0) is 6.07 Å². The van der Waals surface area contributed by atoms with Crippen LogP contribution in [0.4, 0.5) is 16.2 Å². The Kier molecular flexibility index (Phi) is 4.46. The average molecular weight is 261 g/mol. The van der Waals surface area contributed by atoms with Crippen molar-refractivity contribution in [3.8, 4) is 0 Å². The van der Waals surface area contributed by atoms with Crippen LogP contribution in [0, 0.1) is 10.1 Å². The van der Waals surface area contributed by atoms with Crippen molar-refractivity contribution < 1.29 is 14.8 Å². The van der Waals surface area contributed by atoms with Crippen molar-refractivity contribution in [2.45, 2.75) is 0 Å². The first-order chi connectivity index (χ1) is 8.02. The monoisotopic (exact) mass is 260 g/mol. The van der Waals surface area contributed by atoms with Crippen molar-refractivity contribution in [3.05, 3.63) is 27.5 Å². The third-order valence-electron chi connectivity index (χ3n) is 1.78. The van der Waals surface area contributed by atoms with Gasteiger partial charge in [-0.25, -0.2) is 9.78 Å². The molecule has 0 bridgehead atoms. The number of carbonyl (C=O) groups is 1. The molecule has 0 spiro atoms. The van der Waals surface area contributed by atoms with Crippen LogP contribution in [0.3, 0.4) is 0 Å². The van der Waals surface area contributed by atoms with Gasteiger partial charge in [-0.2, -0.15) is 0 Å². The molecule has 1 rings (SSSR count). The van der Waals surface area contributed by atoms with Gasteiger partial charge in [0.2, 0.25) is 5.15 Å². The second-order valence-corrected chi connectivity index (χ2v) is 3.27. The van der Waals surface area contributed by atoms with E-state index in [4.69, 9.17) is 16.7 Å². The van der Waals surface area contributed by atoms with Gasteiger partial charge in [0.15, 0.2) is 0 Å². The Bertz CT molecular complexity index is 440. The Morgan fingerprint density at radius 1 is 1.59 bits per heavy atom. The first kappa shape index (κ1) is 13.0. The molecule has 0 aliphatic rings. The van der Waals surface area contributed by atoms with Crippen LogP contribution in [0.15, 0.2) is 12.3 Å². The summed E-state index contributed by atoms with van der Waals surface area (Å²) in [4.78, 5) is 23.8. The van der Waals surface area contributed by atoms with Gasteiger partial charge in [-0.1, -0.05) is 11.6 Å². The Labute approximate surface area is 101 Å². The Balaban J connectivity index is 2.67. The molecule has 0 aliphatic heterocycles. The molecular weight excluding hydrogens is 252 g/mol. The summed E-state index contributed by atoms with van der Waals surface area (Å²) in [5.74, 6) is 0. The van der Waals surface area contributed by atoms with Crippen molar-refractivity contribution in [3.63, 3.8) is 0 Å². The maximum absolute atomic E-state index is 10.7. The second kappa shape index (κ2) is 5.85. The number of nitrogens with zero attached hydrogens (tertiary/aromatic N) is 2. The van der Waals surface area contributed by atoms with Gasteiger partial charge in [-0.3, -0.25) is 10.1 Å². The van der Waals surface area contributed by atoms with Crippen molar-refractivity contribution in [2.75, 3.05) is 18.4 Å². The van der Waals surface area contributed by atoms with Gasteiger partial charge in [0, 0.05) is 19.3 Å². The number of aromatic nitrogens is 1. The molecule has 0 aromatic carbocycles. The van der Waals surface area contributed by atoms with Crippen LogP contribution in [0.5, 0.6) is 0 Å². The van der Waals surface area contributed by atoms with E-state index in [0.717, 1.165) is 0 Å². The van der Waals surface area contributed by atoms with Gasteiger partial charge < -0.3 is 15.7 Å². The number of anilines is 1. The predicted octanol–water partition coefficient (Wildman–Crippen LogP) is 1.32. The Hall–Kier alpha value is -2.09. The number of amides is 1. The number of carboxylic acid groups (broad SMARTS) is 1. The van der Waals surface area contributed by atoms with E-state index in [-0.39, 0.29) is 29.6 Å². The van der Waals surface area contributed by atoms with Crippen LogP contribution in [0.2, 0.25) is 5.15 Å². The fourth-order valence-corrected chi connectivity index (χ4v) is 1.34. The molecule has 0 fully saturated rings. The fourth-order valence-electron chi connectivity index (χ4n) is 1.11. The molecule has 0 unspecified atom stereocenters. The van der Waals surface area contributed by atoms with E-state index in [1.54, 1.807) is 0 Å². The lowest BCUT2D eigenvalue weighted by Gasteiger charge is -2.07. The van der Waals surface area contributed by atoms with Gasteiger partial charge in [-0.15, -0.1) is 0 Å². The molecule has 0 radical (unpaired) electrons. The van der Waals surface area contributed by atoms with E-state index in [9.17, 15) is 14.9 Å². The summed E-state index contributed by atoms with van der Waals surface area (Å²) in [6.45, 7) is 0.319. The SMILES string of the molecule is O=C(O)NCCNc1ccnc(Cl)c1[N+](=O)[O-]. The van der Waals surface area contributed by atoms with Crippen LogP contribution < -0.4 is 10.6 Å². The highest BCUT2D eigenvalue weighted by molar-refractivity contribution is 6.32. The molecule has 8 nitrogen and oxygen atoms in total. The molecule has 3 N–H and O–H groups in total. The van der Waals surface area contributed by atoms with Crippen LogP contribution in [0.25, 0.3) is 0 Å². The van der Waals surface area contributed by atoms with Crippen LogP contribution in [-0.4, -0.2) is 34.2 Å². The quantitative estimate of drug-likeness (QED) is 0.318. The van der Waals surface area contributed by atoms with E-state index in [1.807, 2.05) is 0 Å². The highest BCUT2D eigenvalue weighted by Gasteiger charge is 2.19. The van der Waals surface area contributed by atoms with E-state index < -0.39 is 11.0 Å². The molecule has 1 aromatic rings. The number of halogens is 1. The molecule has 0 aliphatic carbocycles. The minimum atomic E-state index is -1.16. The Morgan fingerprint density at radius 2 is 2.29 bits per heavy atom. The number of hydrogen-bond donors (Lipinski definition) is 3. The summed E-state index contributed by atoms with van der Waals surface area (Å²) in [5.41, 5.74) is -0.133. The smallest absolute Gasteiger partial charge is 0.404 e. The summed E-state index contributed by atoms with van der Waals surface area (Å²) < 4.78 is 0. The second-order valence-electron chi connectivity index (χ2n) is 2.91. The van der Waals surface area contributed by atoms with E-state index in [2.05, 4.69) is 15.6 Å². The third kappa shape index (κ3) is 3.76. The molecular formula is C8H9ClN4O4.